The summed E-state index contributed by atoms with van der Waals surface area (Å²) in [7, 11) is -13.2. The molecule has 1 rings (SSSR count). The highest BCUT2D eigenvalue weighted by Gasteiger charge is 2.55. The number of nitrogens with one attached hydrogen (secondary N) is 2. The Hall–Kier alpha value is -1.35. The Morgan fingerprint density at radius 1 is 1.04 bits per heavy atom. The fourth-order valence-electron chi connectivity index (χ4n) is 1.02. The van der Waals surface area contributed by atoms with Crippen molar-refractivity contribution in [2.75, 3.05) is 0 Å². The van der Waals surface area contributed by atoms with Crippen molar-refractivity contribution in [2.45, 2.75) is 37.2 Å². The van der Waals surface area contributed by atoms with Crippen LogP contribution in [0.5, 0.6) is 0 Å². The maximum absolute atomic E-state index is 11.5. The molecule has 1 heterocycles. The first-order valence-corrected chi connectivity index (χ1v) is 9.00. The van der Waals surface area contributed by atoms with E-state index in [9.17, 15) is 43.2 Å². The molecule has 0 aliphatic heterocycles. The second-order valence-electron chi connectivity index (χ2n) is 4.12. The van der Waals surface area contributed by atoms with Gasteiger partial charge in [-0.1, -0.05) is 17.5 Å². The molecule has 0 saturated carbocycles. The molecule has 2 N–H and O–H groups in total. The zero-order chi connectivity index (χ0) is 19.2. The van der Waals surface area contributed by atoms with Gasteiger partial charge in [-0.3, -0.25) is 0 Å². The normalized spacial score (nSPS) is 13.3. The summed E-state index contributed by atoms with van der Waals surface area (Å²) in [5, 5.41) is 0. The topological polar surface area (TPSA) is 109 Å². The Balaban J connectivity index is 0.000000496. The molecule has 0 unspecified atom stereocenters. The summed E-state index contributed by atoms with van der Waals surface area (Å²) in [4.78, 5) is 7.16. The second-order valence-corrected chi connectivity index (χ2v) is 7.73. The van der Waals surface area contributed by atoms with E-state index in [1.165, 1.54) is 12.8 Å². The number of alkyl halides is 6. The smallest absolute Gasteiger partial charge is 0.349 e. The van der Waals surface area contributed by atoms with Crippen LogP contribution in [0.25, 0.3) is 0 Å². The lowest BCUT2D eigenvalue weighted by Crippen LogP contribution is -2.45. The van der Waals surface area contributed by atoms with Crippen molar-refractivity contribution in [3.63, 3.8) is 0 Å². The van der Waals surface area contributed by atoms with Crippen LogP contribution in [0.4, 0.5) is 26.3 Å². The van der Waals surface area contributed by atoms with Gasteiger partial charge in [-0.15, -0.1) is 0 Å². The van der Waals surface area contributed by atoms with Crippen LogP contribution >= 0.6 is 0 Å². The summed E-state index contributed by atoms with van der Waals surface area (Å²) in [6.45, 7) is 2.18. The number of halogens is 6. The Labute approximate surface area is 133 Å². The quantitative estimate of drug-likeness (QED) is 0.729. The minimum Gasteiger partial charge on any atom is -0.349 e. The Bertz CT molecular complexity index is 653. The maximum atomic E-state index is 11.5. The molecule has 0 aliphatic carbocycles. The number of sulfonamides is 2. The molecule has 1 aromatic rings. The SMILES string of the molecule is CCCCc1ncc[nH]1.O=S(=O)(NS(=O)(=O)C(F)(F)F)C(F)(F)F. The minimum absolute atomic E-state index is 0.493. The molecule has 0 atom stereocenters. The maximum Gasteiger partial charge on any atom is 0.512 e. The van der Waals surface area contributed by atoms with Crippen LogP contribution in [0, 0.1) is 0 Å². The Kier molecular flexibility index (Phi) is 7.69. The summed E-state index contributed by atoms with van der Waals surface area (Å²) in [6, 6.07) is 0. The number of rotatable bonds is 5. The van der Waals surface area contributed by atoms with Gasteiger partial charge in [0.1, 0.15) is 5.82 Å². The molecule has 0 bridgehead atoms. The third-order valence-corrected chi connectivity index (χ3v) is 5.12. The first-order valence-electron chi connectivity index (χ1n) is 6.03. The van der Waals surface area contributed by atoms with Crippen LogP contribution in [0.3, 0.4) is 0 Å². The van der Waals surface area contributed by atoms with Crippen LogP contribution in [-0.2, 0) is 26.5 Å². The summed E-state index contributed by atoms with van der Waals surface area (Å²) < 4.78 is 108. The molecule has 0 spiro atoms. The lowest BCUT2D eigenvalue weighted by atomic mass is 10.2. The molecule has 0 fully saturated rings. The molecule has 1 aromatic heterocycles. The Morgan fingerprint density at radius 2 is 1.50 bits per heavy atom. The predicted molar refractivity (Wildman–Crippen MR) is 70.3 cm³/mol. The van der Waals surface area contributed by atoms with E-state index in [1.54, 1.807) is 6.20 Å². The zero-order valence-electron chi connectivity index (χ0n) is 11.9. The van der Waals surface area contributed by atoms with Crippen LogP contribution < -0.4 is 4.13 Å². The van der Waals surface area contributed by atoms with Gasteiger partial charge >= 0.3 is 31.1 Å². The number of imidazole rings is 1. The van der Waals surface area contributed by atoms with Gasteiger partial charge < -0.3 is 4.98 Å². The fourth-order valence-corrected chi connectivity index (χ4v) is 2.93. The van der Waals surface area contributed by atoms with E-state index in [0.29, 0.717) is 0 Å². The molecular formula is C9H13F6N3O4S2. The average molecular weight is 405 g/mol. The molecule has 0 aliphatic rings. The van der Waals surface area contributed by atoms with Crippen molar-refractivity contribution < 1.29 is 43.2 Å². The first kappa shape index (κ1) is 22.6. The van der Waals surface area contributed by atoms with E-state index in [1.807, 2.05) is 6.20 Å². The standard InChI is InChI=1S/C7H12N2.C2HF6NO4S2/c1-2-3-4-7-8-5-6-9-7;3-1(4,5)14(10,11)9-15(12,13)2(6,7)8/h5-6H,2-4H2,1H3,(H,8,9);9H. The largest absolute Gasteiger partial charge is 0.512 e. The lowest BCUT2D eigenvalue weighted by Gasteiger charge is -2.11. The van der Waals surface area contributed by atoms with Crippen LogP contribution in [0.15, 0.2) is 12.4 Å². The Morgan fingerprint density at radius 3 is 1.79 bits per heavy atom. The summed E-state index contributed by atoms with van der Waals surface area (Å²) in [6.07, 6.45) is 7.22. The molecule has 0 aromatic carbocycles. The number of nitrogens with zero attached hydrogens (tertiary/aromatic N) is 1. The summed E-state index contributed by atoms with van der Waals surface area (Å²) in [5.74, 6) is 1.11. The van der Waals surface area contributed by atoms with Crippen molar-refractivity contribution in [2.24, 2.45) is 0 Å². The van der Waals surface area contributed by atoms with Crippen LogP contribution in [0.2, 0.25) is 0 Å². The number of aromatic nitrogens is 2. The monoisotopic (exact) mass is 405 g/mol. The molecule has 24 heavy (non-hydrogen) atoms. The second kappa shape index (κ2) is 8.15. The fraction of sp³-hybridized carbons (Fsp3) is 0.667. The van der Waals surface area contributed by atoms with Gasteiger partial charge in [-0.05, 0) is 6.42 Å². The summed E-state index contributed by atoms with van der Waals surface area (Å²) >= 11 is 0. The molecule has 15 heteroatoms. The van der Waals surface area contributed by atoms with Gasteiger partial charge in [-0.2, -0.15) is 26.3 Å². The van der Waals surface area contributed by atoms with Gasteiger partial charge in [0.05, 0.1) is 0 Å². The third kappa shape index (κ3) is 7.04. The first-order chi connectivity index (χ1) is 10.6. The van der Waals surface area contributed by atoms with Gasteiger partial charge in [-0.25, -0.2) is 21.8 Å². The molecule has 7 nitrogen and oxygen atoms in total. The number of aryl methyl sites for hydroxylation is 1. The van der Waals surface area contributed by atoms with Crippen LogP contribution in [-0.4, -0.2) is 37.8 Å². The molecule has 0 radical (unpaired) electrons. The lowest BCUT2D eigenvalue weighted by molar-refractivity contribution is -0.0476. The number of hydrogen-bond donors (Lipinski definition) is 2. The van der Waals surface area contributed by atoms with E-state index >= 15 is 0 Å². The number of aromatic amines is 1. The van der Waals surface area contributed by atoms with Gasteiger partial charge in [0.2, 0.25) is 0 Å². The van der Waals surface area contributed by atoms with Crippen LogP contribution in [0.1, 0.15) is 25.6 Å². The van der Waals surface area contributed by atoms with Gasteiger partial charge in [0, 0.05) is 18.8 Å². The molecule has 0 amide bonds. The van der Waals surface area contributed by atoms with E-state index < -0.39 is 35.2 Å². The number of H-pyrrole nitrogens is 1. The highest BCUT2D eigenvalue weighted by atomic mass is 32.3. The van der Waals surface area contributed by atoms with Gasteiger partial charge in [0.25, 0.3) is 0 Å². The van der Waals surface area contributed by atoms with Gasteiger partial charge in [0.15, 0.2) is 0 Å². The van der Waals surface area contributed by atoms with Crippen molar-refractivity contribution >= 4 is 20.0 Å². The highest BCUT2D eigenvalue weighted by Crippen LogP contribution is 2.27. The van der Waals surface area contributed by atoms with Crippen molar-refractivity contribution in [1.29, 1.82) is 0 Å². The number of hydrogen-bond acceptors (Lipinski definition) is 5. The van der Waals surface area contributed by atoms with Crippen molar-refractivity contribution in [1.82, 2.24) is 14.1 Å². The van der Waals surface area contributed by atoms with Crippen molar-refractivity contribution in [3.05, 3.63) is 18.2 Å². The van der Waals surface area contributed by atoms with E-state index in [-0.39, 0.29) is 0 Å². The number of unbranched alkanes of at least 4 members (excludes halogenated alkanes) is 1. The van der Waals surface area contributed by atoms with E-state index in [4.69, 9.17) is 0 Å². The predicted octanol–water partition coefficient (Wildman–Crippen LogP) is 2.03. The minimum atomic E-state index is -6.60. The zero-order valence-corrected chi connectivity index (χ0v) is 13.6. The molecule has 0 saturated heterocycles. The molecule has 142 valence electrons. The average Bonchev–Trinajstić information content (AvgIpc) is 2.86. The van der Waals surface area contributed by atoms with E-state index in [0.717, 1.165) is 12.2 Å². The van der Waals surface area contributed by atoms with E-state index in [2.05, 4.69) is 16.9 Å². The molecular weight excluding hydrogens is 392 g/mol. The highest BCUT2D eigenvalue weighted by molar-refractivity contribution is 8.05. The third-order valence-electron chi connectivity index (χ3n) is 2.15. The van der Waals surface area contributed by atoms with Crippen molar-refractivity contribution in [3.8, 4) is 0 Å². The summed E-state index contributed by atoms with van der Waals surface area (Å²) in [5.41, 5.74) is -12.3.